The normalized spacial score (nSPS) is 11.6. The average Bonchev–Trinajstić information content (AvgIpc) is 2.23. The highest BCUT2D eigenvalue weighted by molar-refractivity contribution is 5.50. The van der Waals surface area contributed by atoms with Gasteiger partial charge in [-0.2, -0.15) is 0 Å². The molecule has 90 valence electrons. The molecule has 0 heterocycles. The lowest BCUT2D eigenvalue weighted by Gasteiger charge is -2.24. The molecule has 0 spiro atoms. The van der Waals surface area contributed by atoms with Crippen LogP contribution < -0.4 is 4.74 Å². The number of benzene rings is 1. The molecule has 0 saturated carbocycles. The molecule has 0 aromatic heterocycles. The Hall–Kier alpha value is -1.36. The first kappa shape index (κ1) is 12.7. The zero-order chi connectivity index (χ0) is 12.5. The number of aromatic hydroxyl groups is 1. The van der Waals surface area contributed by atoms with Crippen LogP contribution in [0.3, 0.4) is 0 Å². The molecule has 1 rings (SSSR count). The molecule has 5 heteroatoms. The Morgan fingerprint density at radius 2 is 1.94 bits per heavy atom. The Bertz CT molecular complexity index is 403. The Morgan fingerprint density at radius 1 is 1.38 bits per heavy atom. The van der Waals surface area contributed by atoms with Gasteiger partial charge in [0.05, 0.1) is 13.7 Å². The molecule has 16 heavy (non-hydrogen) atoms. The predicted octanol–water partition coefficient (Wildman–Crippen LogP) is 1.95. The minimum Gasteiger partial charge on any atom is -0.504 e. The zero-order valence-electron chi connectivity index (χ0n) is 9.34. The number of phenolic OH excluding ortho intramolecular Hbond substituents is 1. The van der Waals surface area contributed by atoms with Crippen molar-refractivity contribution >= 4 is 0 Å². The second-order valence-electron chi connectivity index (χ2n) is 4.14. The van der Waals surface area contributed by atoms with Gasteiger partial charge in [0.15, 0.2) is 23.1 Å². The van der Waals surface area contributed by atoms with Crippen molar-refractivity contribution in [3.63, 3.8) is 0 Å². The quantitative estimate of drug-likeness (QED) is 0.837. The molecule has 0 aliphatic heterocycles. The molecule has 2 N–H and O–H groups in total. The van der Waals surface area contributed by atoms with Gasteiger partial charge in [0, 0.05) is 17.0 Å². The summed E-state index contributed by atoms with van der Waals surface area (Å²) in [5.74, 6) is -2.93. The van der Waals surface area contributed by atoms with Gasteiger partial charge in [-0.05, 0) is 0 Å². The Kier molecular flexibility index (Phi) is 3.38. The summed E-state index contributed by atoms with van der Waals surface area (Å²) in [6.07, 6.45) is 0. The van der Waals surface area contributed by atoms with Gasteiger partial charge < -0.3 is 14.9 Å². The number of hydrogen-bond acceptors (Lipinski definition) is 3. The van der Waals surface area contributed by atoms with E-state index in [0.29, 0.717) is 0 Å². The number of methoxy groups -OCH3 is 1. The van der Waals surface area contributed by atoms with Crippen molar-refractivity contribution < 1.29 is 23.7 Å². The fourth-order valence-corrected chi connectivity index (χ4v) is 1.45. The van der Waals surface area contributed by atoms with Crippen molar-refractivity contribution in [1.29, 1.82) is 0 Å². The number of phenols is 1. The van der Waals surface area contributed by atoms with E-state index < -0.39 is 29.4 Å². The molecular weight excluding hydrogens is 218 g/mol. The first-order chi connectivity index (χ1) is 7.35. The minimum absolute atomic E-state index is 0.157. The smallest absolute Gasteiger partial charge is 0.166 e. The number of aliphatic hydroxyl groups excluding tert-OH is 1. The highest BCUT2D eigenvalue weighted by Gasteiger charge is 2.31. The number of hydrogen-bond donors (Lipinski definition) is 2. The van der Waals surface area contributed by atoms with Crippen LogP contribution in [0.15, 0.2) is 6.07 Å². The standard InChI is InChI=1S/C11H14F2O3/c1-11(2,5-14)8-9(13)6(12)4-7(16-3)10(8)15/h4,14-15H,5H2,1-3H3. The van der Waals surface area contributed by atoms with E-state index in [2.05, 4.69) is 0 Å². The SMILES string of the molecule is COc1cc(F)c(F)c(C(C)(C)CO)c1O. The Morgan fingerprint density at radius 3 is 2.38 bits per heavy atom. The van der Waals surface area contributed by atoms with Crippen LogP contribution in [-0.4, -0.2) is 23.9 Å². The number of aliphatic hydroxyl groups is 1. The van der Waals surface area contributed by atoms with Gasteiger partial charge in [-0.3, -0.25) is 0 Å². The topological polar surface area (TPSA) is 49.7 Å². The maximum absolute atomic E-state index is 13.6. The Balaban J connectivity index is 3.54. The number of rotatable bonds is 3. The maximum Gasteiger partial charge on any atom is 0.166 e. The molecule has 0 aliphatic carbocycles. The van der Waals surface area contributed by atoms with Gasteiger partial charge in [0.2, 0.25) is 0 Å². The largest absolute Gasteiger partial charge is 0.504 e. The van der Waals surface area contributed by atoms with Crippen LogP contribution >= 0.6 is 0 Å². The van der Waals surface area contributed by atoms with Gasteiger partial charge in [-0.25, -0.2) is 8.78 Å². The van der Waals surface area contributed by atoms with E-state index in [0.717, 1.165) is 6.07 Å². The fourth-order valence-electron chi connectivity index (χ4n) is 1.45. The molecular formula is C11H14F2O3. The monoisotopic (exact) mass is 232 g/mol. The van der Waals surface area contributed by atoms with E-state index in [9.17, 15) is 13.9 Å². The molecule has 0 fully saturated rings. The first-order valence-electron chi connectivity index (χ1n) is 4.71. The van der Waals surface area contributed by atoms with Crippen LogP contribution in [0.2, 0.25) is 0 Å². The Labute approximate surface area is 92.3 Å². The van der Waals surface area contributed by atoms with E-state index in [1.165, 1.54) is 21.0 Å². The highest BCUT2D eigenvalue weighted by Crippen LogP contribution is 2.40. The lowest BCUT2D eigenvalue weighted by Crippen LogP contribution is -2.24. The second kappa shape index (κ2) is 4.25. The van der Waals surface area contributed by atoms with Crippen LogP contribution in [0, 0.1) is 11.6 Å². The highest BCUT2D eigenvalue weighted by atomic mass is 19.2. The summed E-state index contributed by atoms with van der Waals surface area (Å²) in [6.45, 7) is 2.55. The van der Waals surface area contributed by atoms with Gasteiger partial charge >= 0.3 is 0 Å². The third kappa shape index (κ3) is 1.95. The van der Waals surface area contributed by atoms with Crippen LogP contribution in [0.4, 0.5) is 8.78 Å². The molecule has 0 unspecified atom stereocenters. The molecule has 1 aromatic rings. The summed E-state index contributed by atoms with van der Waals surface area (Å²) >= 11 is 0. The molecule has 0 saturated heterocycles. The summed E-state index contributed by atoms with van der Waals surface area (Å²) in [7, 11) is 1.24. The van der Waals surface area contributed by atoms with Crippen molar-refractivity contribution in [1.82, 2.24) is 0 Å². The van der Waals surface area contributed by atoms with Crippen molar-refractivity contribution in [3.8, 4) is 11.5 Å². The third-order valence-corrected chi connectivity index (χ3v) is 2.45. The van der Waals surface area contributed by atoms with Crippen molar-refractivity contribution in [2.45, 2.75) is 19.3 Å². The molecule has 3 nitrogen and oxygen atoms in total. The minimum atomic E-state index is -1.17. The summed E-state index contributed by atoms with van der Waals surface area (Å²) < 4.78 is 31.5. The first-order valence-corrected chi connectivity index (χ1v) is 4.71. The zero-order valence-corrected chi connectivity index (χ0v) is 9.34. The predicted molar refractivity (Wildman–Crippen MR) is 54.7 cm³/mol. The van der Waals surface area contributed by atoms with E-state index in [1.807, 2.05) is 0 Å². The average molecular weight is 232 g/mol. The van der Waals surface area contributed by atoms with E-state index >= 15 is 0 Å². The second-order valence-corrected chi connectivity index (χ2v) is 4.14. The molecule has 1 aromatic carbocycles. The molecule has 0 aliphatic rings. The summed E-state index contributed by atoms with van der Waals surface area (Å²) in [5, 5.41) is 18.8. The maximum atomic E-state index is 13.6. The summed E-state index contributed by atoms with van der Waals surface area (Å²) in [5.41, 5.74) is -1.38. The molecule has 0 bridgehead atoms. The lowest BCUT2D eigenvalue weighted by molar-refractivity contribution is 0.209. The van der Waals surface area contributed by atoms with Crippen molar-refractivity contribution in [2.24, 2.45) is 0 Å². The summed E-state index contributed by atoms with van der Waals surface area (Å²) in [4.78, 5) is 0. The molecule has 0 atom stereocenters. The van der Waals surface area contributed by atoms with E-state index in [1.54, 1.807) is 0 Å². The van der Waals surface area contributed by atoms with Crippen LogP contribution in [-0.2, 0) is 5.41 Å². The van der Waals surface area contributed by atoms with Gasteiger partial charge in [0.25, 0.3) is 0 Å². The third-order valence-electron chi connectivity index (χ3n) is 2.45. The van der Waals surface area contributed by atoms with Crippen molar-refractivity contribution in [2.75, 3.05) is 13.7 Å². The van der Waals surface area contributed by atoms with Crippen LogP contribution in [0.1, 0.15) is 19.4 Å². The fraction of sp³-hybridized carbons (Fsp3) is 0.455. The van der Waals surface area contributed by atoms with Crippen LogP contribution in [0.5, 0.6) is 11.5 Å². The van der Waals surface area contributed by atoms with Gasteiger partial charge in [0.1, 0.15) is 0 Å². The summed E-state index contributed by atoms with van der Waals surface area (Å²) in [6, 6.07) is 0.765. The van der Waals surface area contributed by atoms with Gasteiger partial charge in [-0.15, -0.1) is 0 Å². The number of ether oxygens (including phenoxy) is 1. The lowest BCUT2D eigenvalue weighted by atomic mass is 9.84. The molecule has 0 radical (unpaired) electrons. The molecule has 0 amide bonds. The van der Waals surface area contributed by atoms with E-state index in [4.69, 9.17) is 9.84 Å². The van der Waals surface area contributed by atoms with Gasteiger partial charge in [-0.1, -0.05) is 13.8 Å². The van der Waals surface area contributed by atoms with Crippen molar-refractivity contribution in [3.05, 3.63) is 23.3 Å². The van der Waals surface area contributed by atoms with E-state index in [-0.39, 0.29) is 11.3 Å². The number of halogens is 2. The van der Waals surface area contributed by atoms with Crippen LogP contribution in [0.25, 0.3) is 0 Å².